The number of β-lactam (4-membered cyclic amide) rings is 1. The summed E-state index contributed by atoms with van der Waals surface area (Å²) in [5.74, 6) is -3.13. The second kappa shape index (κ2) is 9.14. The van der Waals surface area contributed by atoms with Crippen LogP contribution < -0.4 is 26.6 Å². The van der Waals surface area contributed by atoms with E-state index < -0.39 is 51.9 Å². The lowest BCUT2D eigenvalue weighted by Gasteiger charge is -2.49. The predicted octanol–water partition coefficient (Wildman–Crippen LogP) is -0.645. The average Bonchev–Trinajstić information content (AvgIpc) is 3.24. The molecule has 0 radical (unpaired) electrons. The van der Waals surface area contributed by atoms with Crippen LogP contribution in [0.3, 0.4) is 0 Å². The van der Waals surface area contributed by atoms with Crippen LogP contribution in [0.15, 0.2) is 25.8 Å². The first-order chi connectivity index (χ1) is 16.6. The monoisotopic (exact) mass is 521 g/mol. The number of carbonyl (C=O) groups is 3. The molecule has 2 aliphatic rings. The number of carbonyl (C=O) groups excluding carboxylic acids is 2. The van der Waals surface area contributed by atoms with Crippen molar-refractivity contribution in [2.75, 3.05) is 18.6 Å². The van der Waals surface area contributed by atoms with E-state index in [1.807, 2.05) is 0 Å². The Hall–Kier alpha value is -3.72. The number of thioether (sulfide) groups is 1. The van der Waals surface area contributed by atoms with Crippen LogP contribution in [-0.2, 0) is 19.2 Å². The number of aromatic nitrogens is 1. The number of hydrogen-bond acceptors (Lipinski definition) is 12. The Morgan fingerprint density at radius 2 is 2.03 bits per heavy atom. The number of carboxylic acid groups (broad SMARTS) is 1. The molecule has 1 fully saturated rings. The third-order valence-corrected chi connectivity index (χ3v) is 7.10. The van der Waals surface area contributed by atoms with E-state index in [0.29, 0.717) is 0 Å². The van der Waals surface area contributed by atoms with Gasteiger partial charge in [-0.2, -0.15) is 0 Å². The number of oxime groups is 1. The number of rotatable bonds is 8. The molecule has 35 heavy (non-hydrogen) atoms. The molecule has 0 saturated carbocycles. The van der Waals surface area contributed by atoms with Crippen molar-refractivity contribution in [2.24, 2.45) is 5.16 Å². The fourth-order valence-electron chi connectivity index (χ4n) is 3.71. The zero-order valence-corrected chi connectivity index (χ0v) is 20.2. The van der Waals surface area contributed by atoms with Crippen molar-refractivity contribution >= 4 is 57.3 Å². The smallest absolute Gasteiger partial charge is 0.352 e. The number of ether oxygens (including phenoxy) is 1. The van der Waals surface area contributed by atoms with Crippen molar-refractivity contribution in [1.82, 2.24) is 15.2 Å². The molecule has 0 spiro atoms. The zero-order valence-electron chi connectivity index (χ0n) is 18.6. The Kier molecular flexibility index (Phi) is 6.38. The molecule has 2 aromatic rings. The van der Waals surface area contributed by atoms with Crippen molar-refractivity contribution in [3.8, 4) is 5.75 Å². The van der Waals surface area contributed by atoms with Crippen molar-refractivity contribution in [3.63, 3.8) is 0 Å². The van der Waals surface area contributed by atoms with Crippen molar-refractivity contribution < 1.29 is 29.1 Å². The number of anilines is 1. The molecular formula is C20H19N5O8S2. The molecule has 2 amide bonds. The number of carboxylic acids is 1. The van der Waals surface area contributed by atoms with Crippen LogP contribution in [0.2, 0.25) is 0 Å². The van der Waals surface area contributed by atoms with E-state index in [0.717, 1.165) is 28.0 Å². The number of fused-ring (bicyclic) bond motifs is 1. The molecule has 4 N–H and O–H groups in total. The predicted molar refractivity (Wildman–Crippen MR) is 127 cm³/mol. The quantitative estimate of drug-likeness (QED) is 0.173. The van der Waals surface area contributed by atoms with Gasteiger partial charge in [0.1, 0.15) is 29.9 Å². The third kappa shape index (κ3) is 4.05. The minimum absolute atomic E-state index is 0.00337. The molecule has 1 aromatic carbocycles. The van der Waals surface area contributed by atoms with Gasteiger partial charge in [-0.3, -0.25) is 24.1 Å². The van der Waals surface area contributed by atoms with Crippen LogP contribution in [0.5, 0.6) is 5.75 Å². The largest absolute Gasteiger partial charge is 0.486 e. The lowest BCUT2D eigenvalue weighted by molar-refractivity contribution is -0.149. The van der Waals surface area contributed by atoms with E-state index in [4.69, 9.17) is 15.3 Å². The van der Waals surface area contributed by atoms with E-state index in [-0.39, 0.29) is 39.2 Å². The molecule has 15 heteroatoms. The Labute approximate surface area is 205 Å². The highest BCUT2D eigenvalue weighted by Gasteiger charge is 2.55. The maximum atomic E-state index is 12.9. The fraction of sp³-hybridized carbons (Fsp3) is 0.350. The molecule has 13 nitrogen and oxygen atoms in total. The minimum atomic E-state index is -1.45. The summed E-state index contributed by atoms with van der Waals surface area (Å²) in [5, 5.41) is 17.0. The van der Waals surface area contributed by atoms with Gasteiger partial charge in [0.15, 0.2) is 16.6 Å². The standard InChI is InChI=1S/C20H19N5O8S2/c1-6(2)33-15-9(13(26)14(15)27)7-4-34-18-11(17(29)25(18)12(7)19(30)31)23-16(28)10(24-32-3)8-5-35-20(21)22-8/h5-6,11,18H,4H2,1-3H3,(H2,21,22)(H,23,28)(H,30,31)/b24-10-/t11?,18-/m0/s1. The normalized spacial score (nSPS) is 20.1. The SMILES string of the molecule is CO/N=C(\C(=O)NC1C(=O)N2C(C(=O)O)=C(c3c(OC(C)C)c(=O)c3=O)CS[C@@H]12)c1csc(N)n1. The van der Waals surface area contributed by atoms with E-state index in [9.17, 15) is 29.1 Å². The van der Waals surface area contributed by atoms with Crippen LogP contribution in [0.4, 0.5) is 5.13 Å². The maximum Gasteiger partial charge on any atom is 0.352 e. The maximum absolute atomic E-state index is 12.9. The Morgan fingerprint density at radius 1 is 1.31 bits per heavy atom. The second-order valence-electron chi connectivity index (χ2n) is 7.72. The van der Waals surface area contributed by atoms with Gasteiger partial charge in [0.05, 0.1) is 11.7 Å². The van der Waals surface area contributed by atoms with Gasteiger partial charge in [0, 0.05) is 16.7 Å². The average molecular weight is 522 g/mol. The molecule has 1 unspecified atom stereocenters. The summed E-state index contributed by atoms with van der Waals surface area (Å²) in [5.41, 5.74) is 3.31. The van der Waals surface area contributed by atoms with Crippen LogP contribution in [0.25, 0.3) is 5.57 Å². The van der Waals surface area contributed by atoms with Crippen LogP contribution in [0.1, 0.15) is 25.1 Å². The van der Waals surface area contributed by atoms with E-state index in [2.05, 4.69) is 15.5 Å². The number of nitrogen functional groups attached to an aromatic ring is 1. The summed E-state index contributed by atoms with van der Waals surface area (Å²) in [6, 6.07) is -1.07. The molecule has 0 bridgehead atoms. The van der Waals surface area contributed by atoms with Gasteiger partial charge >= 0.3 is 5.97 Å². The number of hydrogen-bond donors (Lipinski definition) is 3. The van der Waals surface area contributed by atoms with Gasteiger partial charge in [-0.25, -0.2) is 9.78 Å². The Bertz CT molecular complexity index is 1370. The summed E-state index contributed by atoms with van der Waals surface area (Å²) in [6.07, 6.45) is -0.420. The number of nitrogens with one attached hydrogen (secondary N) is 1. The van der Waals surface area contributed by atoms with Gasteiger partial charge in [-0.15, -0.1) is 23.1 Å². The molecular weight excluding hydrogens is 502 g/mol. The lowest BCUT2D eigenvalue weighted by atomic mass is 9.95. The lowest BCUT2D eigenvalue weighted by Crippen LogP contribution is -2.71. The summed E-state index contributed by atoms with van der Waals surface area (Å²) in [6.45, 7) is 3.32. The van der Waals surface area contributed by atoms with Crippen LogP contribution in [-0.4, -0.2) is 68.9 Å². The third-order valence-electron chi connectivity index (χ3n) is 5.14. The van der Waals surface area contributed by atoms with E-state index in [1.54, 1.807) is 13.8 Å². The molecule has 0 aliphatic carbocycles. The molecule has 3 heterocycles. The number of thiazole rings is 1. The first kappa shape index (κ1) is 24.4. The van der Waals surface area contributed by atoms with E-state index >= 15 is 0 Å². The Morgan fingerprint density at radius 3 is 2.60 bits per heavy atom. The van der Waals surface area contributed by atoms with Gasteiger partial charge in [-0.1, -0.05) is 5.16 Å². The number of nitrogens with two attached hydrogens (primary N) is 1. The van der Waals surface area contributed by atoms with Crippen molar-refractivity contribution in [3.05, 3.63) is 42.8 Å². The van der Waals surface area contributed by atoms with Crippen molar-refractivity contribution in [2.45, 2.75) is 31.4 Å². The summed E-state index contributed by atoms with van der Waals surface area (Å²) < 4.78 is 5.41. The summed E-state index contributed by atoms with van der Waals surface area (Å²) >= 11 is 2.22. The summed E-state index contributed by atoms with van der Waals surface area (Å²) in [4.78, 5) is 71.8. The van der Waals surface area contributed by atoms with Gasteiger partial charge in [0.2, 0.25) is 5.43 Å². The second-order valence-corrected chi connectivity index (χ2v) is 9.71. The topological polar surface area (TPSA) is 191 Å². The van der Waals surface area contributed by atoms with Crippen LogP contribution >= 0.6 is 23.1 Å². The van der Waals surface area contributed by atoms with Gasteiger partial charge in [-0.05, 0) is 13.8 Å². The molecule has 2 aliphatic heterocycles. The van der Waals surface area contributed by atoms with Gasteiger partial charge < -0.3 is 25.7 Å². The first-order valence-corrected chi connectivity index (χ1v) is 12.0. The van der Waals surface area contributed by atoms with Crippen LogP contribution in [0, 0.1) is 0 Å². The highest BCUT2D eigenvalue weighted by atomic mass is 32.2. The van der Waals surface area contributed by atoms with Gasteiger partial charge in [0.25, 0.3) is 17.2 Å². The molecule has 4 rings (SSSR count). The number of amides is 2. The highest BCUT2D eigenvalue weighted by molar-refractivity contribution is 8.00. The molecule has 1 aromatic heterocycles. The number of aliphatic carboxylic acids is 1. The fourth-order valence-corrected chi connectivity index (χ4v) is 5.61. The molecule has 1 saturated heterocycles. The minimum Gasteiger partial charge on any atom is -0.486 e. The number of nitrogens with zero attached hydrogens (tertiary/aromatic N) is 3. The zero-order chi connectivity index (χ0) is 25.6. The summed E-state index contributed by atoms with van der Waals surface area (Å²) in [7, 11) is 1.24. The van der Waals surface area contributed by atoms with Crippen molar-refractivity contribution in [1.29, 1.82) is 0 Å². The van der Waals surface area contributed by atoms with E-state index in [1.165, 1.54) is 12.5 Å². The first-order valence-electron chi connectivity index (χ1n) is 10.1. The highest BCUT2D eigenvalue weighted by Crippen LogP contribution is 2.44. The molecule has 184 valence electrons. The molecule has 2 atom stereocenters. The Balaban J connectivity index is 1.62.